The average molecular weight is 536 g/mol. The number of benzene rings is 3. The Morgan fingerprint density at radius 1 is 1.00 bits per heavy atom. The number of diazo groups is 1. The molecule has 188 valence electrons. The van der Waals surface area contributed by atoms with Crippen molar-refractivity contribution in [3.63, 3.8) is 0 Å². The Bertz CT molecular complexity index is 1560. The van der Waals surface area contributed by atoms with Crippen LogP contribution in [-0.4, -0.2) is 38.0 Å². The number of hydrogen-bond acceptors (Lipinski definition) is 11. The van der Waals surface area contributed by atoms with Crippen molar-refractivity contribution in [2.75, 3.05) is 7.11 Å². The van der Waals surface area contributed by atoms with Gasteiger partial charge in [-0.15, -0.1) is 10.2 Å². The second-order valence-electron chi connectivity index (χ2n) is 6.76. The standard InChI is InChI=1S/C20H16N5O5S.H2O4S/c1-13-10-18(17(22-21)12-19(13)30-2)24-23-16-9-8-14(25(26)27)11-20(16)31(28,29)15-6-4-3-5-7-15;1-5(2,3)4/h3-12H,1-2H3;(H2,1,2,3,4)/q+1;/p-1. The summed E-state index contributed by atoms with van der Waals surface area (Å²) in [6, 6.07) is 13.8. The van der Waals surface area contributed by atoms with Crippen molar-refractivity contribution in [1.29, 1.82) is 5.39 Å². The lowest BCUT2D eigenvalue weighted by Gasteiger charge is -2.07. The van der Waals surface area contributed by atoms with Crippen LogP contribution in [0.1, 0.15) is 5.56 Å². The molecular formula is C20H17N5O9S2. The third kappa shape index (κ3) is 7.35. The maximum Gasteiger partial charge on any atom is 0.415 e. The van der Waals surface area contributed by atoms with Crippen LogP contribution >= 0.6 is 0 Å². The third-order valence-corrected chi connectivity index (χ3v) is 6.16. The quantitative estimate of drug-likeness (QED) is 0.115. The Morgan fingerprint density at radius 3 is 2.11 bits per heavy atom. The smallest absolute Gasteiger partial charge is 0.415 e. The van der Waals surface area contributed by atoms with Crippen molar-refractivity contribution in [2.24, 2.45) is 10.2 Å². The first-order valence-electron chi connectivity index (χ1n) is 9.50. The van der Waals surface area contributed by atoms with E-state index >= 15 is 0 Å². The van der Waals surface area contributed by atoms with Crippen molar-refractivity contribution in [1.82, 2.24) is 0 Å². The summed E-state index contributed by atoms with van der Waals surface area (Å²) in [6.45, 7) is 1.75. The predicted octanol–water partition coefficient (Wildman–Crippen LogP) is 4.65. The molecule has 0 aliphatic rings. The van der Waals surface area contributed by atoms with Gasteiger partial charge in [-0.3, -0.25) is 14.7 Å². The number of aryl methyl sites for hydroxylation is 1. The van der Waals surface area contributed by atoms with Gasteiger partial charge >= 0.3 is 5.69 Å². The zero-order valence-corrected chi connectivity index (χ0v) is 20.2. The fourth-order valence-electron chi connectivity index (χ4n) is 2.79. The van der Waals surface area contributed by atoms with Crippen LogP contribution in [0.4, 0.5) is 22.7 Å². The molecule has 3 aromatic rings. The maximum atomic E-state index is 13.1. The van der Waals surface area contributed by atoms with Crippen LogP contribution < -0.4 is 4.74 Å². The molecule has 0 aromatic heterocycles. The van der Waals surface area contributed by atoms with Crippen LogP contribution in [0, 0.1) is 22.4 Å². The first kappa shape index (κ1) is 27.9. The molecule has 0 saturated heterocycles. The lowest BCUT2D eigenvalue weighted by molar-refractivity contribution is -0.385. The molecule has 1 N–H and O–H groups in total. The number of rotatable bonds is 6. The molecule has 0 unspecified atom stereocenters. The minimum Gasteiger partial charge on any atom is -0.726 e. The van der Waals surface area contributed by atoms with E-state index in [1.54, 1.807) is 31.2 Å². The van der Waals surface area contributed by atoms with Crippen LogP contribution in [0.25, 0.3) is 4.98 Å². The van der Waals surface area contributed by atoms with Gasteiger partial charge in [-0.05, 0) is 36.8 Å². The van der Waals surface area contributed by atoms with Crippen LogP contribution in [-0.2, 0) is 20.2 Å². The average Bonchev–Trinajstić information content (AvgIpc) is 2.82. The molecular weight excluding hydrogens is 518 g/mol. The Labute approximate surface area is 205 Å². The Kier molecular flexibility index (Phi) is 8.86. The van der Waals surface area contributed by atoms with E-state index in [-0.39, 0.29) is 26.9 Å². The number of ether oxygens (including phenoxy) is 1. The van der Waals surface area contributed by atoms with Crippen molar-refractivity contribution < 1.29 is 35.6 Å². The molecule has 0 aliphatic carbocycles. The molecule has 16 heteroatoms. The minimum atomic E-state index is -4.92. The number of hydrogen-bond donors (Lipinski definition) is 1. The summed E-state index contributed by atoms with van der Waals surface area (Å²) in [5, 5.41) is 28.4. The molecule has 0 atom stereocenters. The summed E-state index contributed by atoms with van der Waals surface area (Å²) in [4.78, 5) is 13.2. The van der Waals surface area contributed by atoms with Gasteiger partial charge in [0.1, 0.15) is 16.3 Å². The fourth-order valence-corrected chi connectivity index (χ4v) is 4.22. The summed E-state index contributed by atoms with van der Waals surface area (Å²) in [5.74, 6) is 0.467. The van der Waals surface area contributed by atoms with Gasteiger partial charge in [0.05, 0.1) is 23.0 Å². The molecule has 3 rings (SSSR count). The summed E-state index contributed by atoms with van der Waals surface area (Å²) in [6.07, 6.45) is 0. The highest BCUT2D eigenvalue weighted by molar-refractivity contribution is 7.91. The summed E-state index contributed by atoms with van der Waals surface area (Å²) < 4.78 is 64.2. The predicted molar refractivity (Wildman–Crippen MR) is 124 cm³/mol. The van der Waals surface area contributed by atoms with Crippen LogP contribution in [0.5, 0.6) is 5.75 Å². The van der Waals surface area contributed by atoms with E-state index in [0.29, 0.717) is 11.3 Å². The number of methoxy groups -OCH3 is 1. The molecule has 14 nitrogen and oxygen atoms in total. The molecule has 36 heavy (non-hydrogen) atoms. The molecule has 0 saturated carbocycles. The number of nitro benzene ring substituents is 1. The highest BCUT2D eigenvalue weighted by Crippen LogP contribution is 2.38. The fraction of sp³-hybridized carbons (Fsp3) is 0.100. The van der Waals surface area contributed by atoms with Crippen molar-refractivity contribution >= 4 is 43.0 Å². The van der Waals surface area contributed by atoms with Gasteiger partial charge in [0.25, 0.3) is 5.69 Å². The molecule has 0 fully saturated rings. The highest BCUT2D eigenvalue weighted by atomic mass is 32.3. The number of nitrogens with zero attached hydrogens (tertiary/aromatic N) is 5. The van der Waals surface area contributed by atoms with Crippen molar-refractivity contribution in [3.05, 3.63) is 81.3 Å². The van der Waals surface area contributed by atoms with Gasteiger partial charge in [0, 0.05) is 12.1 Å². The van der Waals surface area contributed by atoms with E-state index in [1.807, 2.05) is 0 Å². The topological polar surface area (TPSA) is 217 Å². The maximum absolute atomic E-state index is 13.1. The van der Waals surface area contributed by atoms with Crippen molar-refractivity contribution in [2.45, 2.75) is 16.7 Å². The van der Waals surface area contributed by atoms with E-state index in [0.717, 1.165) is 12.1 Å². The Hall–Kier alpha value is -4.30. The number of nitro groups is 1. The first-order valence-corrected chi connectivity index (χ1v) is 12.3. The van der Waals surface area contributed by atoms with Gasteiger partial charge in [0.2, 0.25) is 25.6 Å². The number of azo groups is 1. The molecule has 0 aliphatic heterocycles. The molecule has 0 heterocycles. The normalized spacial score (nSPS) is 11.3. The molecule has 0 spiro atoms. The Balaban J connectivity index is 0.000000830. The zero-order valence-electron chi connectivity index (χ0n) is 18.5. The highest BCUT2D eigenvalue weighted by Gasteiger charge is 2.25. The van der Waals surface area contributed by atoms with Gasteiger partial charge in [0.15, 0.2) is 10.7 Å². The van der Waals surface area contributed by atoms with E-state index in [4.69, 9.17) is 22.3 Å². The van der Waals surface area contributed by atoms with Crippen LogP contribution in [0.3, 0.4) is 0 Å². The minimum absolute atomic E-state index is 0.0433. The largest absolute Gasteiger partial charge is 0.726 e. The first-order chi connectivity index (χ1) is 16.8. The number of non-ortho nitro benzene ring substituents is 1. The van der Waals surface area contributed by atoms with Crippen LogP contribution in [0.2, 0.25) is 0 Å². The second kappa shape index (κ2) is 11.4. The van der Waals surface area contributed by atoms with E-state index in [1.165, 1.54) is 31.4 Å². The van der Waals surface area contributed by atoms with Crippen LogP contribution in [0.15, 0.2) is 80.7 Å². The summed E-state index contributed by atoms with van der Waals surface area (Å²) in [5.41, 5.74) is 0.388. The monoisotopic (exact) mass is 535 g/mol. The van der Waals surface area contributed by atoms with E-state index in [2.05, 4.69) is 15.2 Å². The molecule has 0 amide bonds. The van der Waals surface area contributed by atoms with E-state index < -0.39 is 30.8 Å². The van der Waals surface area contributed by atoms with Gasteiger partial charge in [-0.1, -0.05) is 18.2 Å². The zero-order chi connectivity index (χ0) is 27.1. The third-order valence-electron chi connectivity index (χ3n) is 4.36. The lowest BCUT2D eigenvalue weighted by Crippen LogP contribution is -2.03. The van der Waals surface area contributed by atoms with Crippen molar-refractivity contribution in [3.8, 4) is 5.75 Å². The lowest BCUT2D eigenvalue weighted by atomic mass is 10.2. The second-order valence-corrected chi connectivity index (χ2v) is 9.54. The molecule has 3 aromatic carbocycles. The molecule has 0 radical (unpaired) electrons. The summed E-state index contributed by atoms with van der Waals surface area (Å²) >= 11 is 0. The summed E-state index contributed by atoms with van der Waals surface area (Å²) in [7, 11) is -7.57. The van der Waals surface area contributed by atoms with Gasteiger partial charge in [-0.25, -0.2) is 16.8 Å². The number of sulfone groups is 1. The van der Waals surface area contributed by atoms with Gasteiger partial charge in [-0.2, -0.15) is 0 Å². The van der Waals surface area contributed by atoms with E-state index in [9.17, 15) is 23.9 Å². The van der Waals surface area contributed by atoms with Gasteiger partial charge < -0.3 is 9.29 Å². The molecule has 0 bridgehead atoms. The Morgan fingerprint density at radius 2 is 1.58 bits per heavy atom. The SMILES string of the molecule is COc1cc([N+]#N)c(N=Nc2ccc([N+](=O)[O-])cc2S(=O)(=O)c2ccccc2)cc1C.O=S(=O)([O-])O.